The van der Waals surface area contributed by atoms with E-state index in [-0.39, 0.29) is 31.4 Å². The molecule has 2 atom stereocenters. The molecule has 25 heavy (non-hydrogen) atoms. The average molecular weight is 395 g/mol. The lowest BCUT2D eigenvalue weighted by atomic mass is 10.2. The first-order valence-electron chi connectivity index (χ1n) is 7.23. The van der Waals surface area contributed by atoms with Crippen molar-refractivity contribution < 1.29 is 23.2 Å². The van der Waals surface area contributed by atoms with E-state index in [0.717, 1.165) is 12.1 Å². The summed E-state index contributed by atoms with van der Waals surface area (Å²) in [7, 11) is -4.06. The molecule has 140 valence electrons. The first-order valence-corrected chi connectivity index (χ1v) is 8.72. The minimum absolute atomic E-state index is 0. The van der Waals surface area contributed by atoms with Gasteiger partial charge in [-0.15, -0.1) is 12.4 Å². The SMILES string of the molecule is Cl.O=C(NCCNS(=O)(=O)c1ccccc1[N+](=O)[O-])C1CC(O)CN1. The van der Waals surface area contributed by atoms with Gasteiger partial charge in [-0.3, -0.25) is 14.9 Å². The summed E-state index contributed by atoms with van der Waals surface area (Å²) in [5, 5.41) is 25.6. The number of para-hydroxylation sites is 1. The van der Waals surface area contributed by atoms with Gasteiger partial charge >= 0.3 is 0 Å². The molecule has 0 bridgehead atoms. The Hall–Kier alpha value is -1.79. The van der Waals surface area contributed by atoms with Crippen molar-refractivity contribution in [3.63, 3.8) is 0 Å². The Kier molecular flexibility index (Phi) is 7.70. The van der Waals surface area contributed by atoms with Crippen LogP contribution in [0, 0.1) is 10.1 Å². The molecule has 0 radical (unpaired) electrons. The van der Waals surface area contributed by atoms with E-state index in [1.54, 1.807) is 0 Å². The number of nitrogens with zero attached hydrogens (tertiary/aromatic N) is 1. The van der Waals surface area contributed by atoms with Crippen molar-refractivity contribution in [3.8, 4) is 0 Å². The summed E-state index contributed by atoms with van der Waals surface area (Å²) in [6.45, 7) is 0.241. The number of hydrogen-bond acceptors (Lipinski definition) is 7. The van der Waals surface area contributed by atoms with Gasteiger partial charge in [-0.25, -0.2) is 13.1 Å². The summed E-state index contributed by atoms with van der Waals surface area (Å²) in [5.74, 6) is -0.337. The molecule has 4 N–H and O–H groups in total. The molecule has 1 fully saturated rings. The Bertz CT molecular complexity index is 729. The molecule has 0 saturated carbocycles. The highest BCUT2D eigenvalue weighted by molar-refractivity contribution is 7.89. The van der Waals surface area contributed by atoms with Gasteiger partial charge in [0.15, 0.2) is 4.90 Å². The van der Waals surface area contributed by atoms with E-state index in [4.69, 9.17) is 0 Å². The molecule has 2 unspecified atom stereocenters. The van der Waals surface area contributed by atoms with Crippen molar-refractivity contribution in [2.45, 2.75) is 23.5 Å². The lowest BCUT2D eigenvalue weighted by Crippen LogP contribution is -2.43. The molecule has 1 amide bonds. The number of benzene rings is 1. The molecule has 0 aliphatic carbocycles. The van der Waals surface area contributed by atoms with Crippen LogP contribution in [0.5, 0.6) is 0 Å². The summed E-state index contributed by atoms with van der Waals surface area (Å²) in [5.41, 5.74) is -0.516. The van der Waals surface area contributed by atoms with Crippen LogP contribution in [0.2, 0.25) is 0 Å². The number of hydrogen-bond donors (Lipinski definition) is 4. The third kappa shape index (κ3) is 5.61. The zero-order valence-electron chi connectivity index (χ0n) is 13.0. The predicted molar refractivity (Wildman–Crippen MR) is 91.0 cm³/mol. The van der Waals surface area contributed by atoms with Crippen molar-refractivity contribution in [1.82, 2.24) is 15.4 Å². The average Bonchev–Trinajstić information content (AvgIpc) is 2.98. The number of halogens is 1. The number of nitro groups is 1. The van der Waals surface area contributed by atoms with E-state index in [9.17, 15) is 28.4 Å². The Morgan fingerprint density at radius 2 is 2.04 bits per heavy atom. The van der Waals surface area contributed by atoms with E-state index in [2.05, 4.69) is 15.4 Å². The van der Waals surface area contributed by atoms with Crippen LogP contribution in [0.4, 0.5) is 5.69 Å². The van der Waals surface area contributed by atoms with E-state index >= 15 is 0 Å². The fourth-order valence-corrected chi connectivity index (χ4v) is 3.53. The van der Waals surface area contributed by atoms with Crippen molar-refractivity contribution in [3.05, 3.63) is 34.4 Å². The third-order valence-corrected chi connectivity index (χ3v) is 5.00. The highest BCUT2D eigenvalue weighted by Crippen LogP contribution is 2.22. The topological polar surface area (TPSA) is 151 Å². The summed E-state index contributed by atoms with van der Waals surface area (Å²) in [4.78, 5) is 21.5. The summed E-state index contributed by atoms with van der Waals surface area (Å²) in [6.07, 6.45) is -0.272. The molecule has 1 aliphatic rings. The molecule has 1 aromatic rings. The van der Waals surface area contributed by atoms with Gasteiger partial charge < -0.3 is 15.7 Å². The molecule has 1 heterocycles. The lowest BCUT2D eigenvalue weighted by Gasteiger charge is -2.11. The first-order chi connectivity index (χ1) is 11.3. The number of nitrogens with one attached hydrogen (secondary N) is 3. The molecule has 2 rings (SSSR count). The maximum absolute atomic E-state index is 12.1. The molecule has 12 heteroatoms. The molecular weight excluding hydrogens is 376 g/mol. The van der Waals surface area contributed by atoms with Crippen molar-refractivity contribution in [2.75, 3.05) is 19.6 Å². The van der Waals surface area contributed by atoms with Crippen LogP contribution in [0.15, 0.2) is 29.2 Å². The maximum atomic E-state index is 12.1. The second-order valence-electron chi connectivity index (χ2n) is 5.26. The molecule has 10 nitrogen and oxygen atoms in total. The van der Waals surface area contributed by atoms with Gasteiger partial charge in [-0.2, -0.15) is 0 Å². The van der Waals surface area contributed by atoms with Gasteiger partial charge in [-0.05, 0) is 12.5 Å². The number of aliphatic hydroxyl groups is 1. The summed E-state index contributed by atoms with van der Waals surface area (Å²) in [6, 6.07) is 4.50. The van der Waals surface area contributed by atoms with Gasteiger partial charge in [0.25, 0.3) is 5.69 Å². The summed E-state index contributed by atoms with van der Waals surface area (Å²) >= 11 is 0. The zero-order valence-corrected chi connectivity index (χ0v) is 14.7. The number of aliphatic hydroxyl groups excluding tert-OH is 1. The predicted octanol–water partition coefficient (Wildman–Crippen LogP) is -0.866. The van der Waals surface area contributed by atoms with Gasteiger partial charge in [0.1, 0.15) is 0 Å². The second kappa shape index (κ2) is 9.06. The van der Waals surface area contributed by atoms with Crippen molar-refractivity contribution in [1.29, 1.82) is 0 Å². The van der Waals surface area contributed by atoms with Crippen LogP contribution in [0.3, 0.4) is 0 Å². The maximum Gasteiger partial charge on any atom is 0.289 e. The van der Waals surface area contributed by atoms with Crippen LogP contribution < -0.4 is 15.4 Å². The minimum Gasteiger partial charge on any atom is -0.392 e. The highest BCUT2D eigenvalue weighted by Gasteiger charge is 2.28. The fraction of sp³-hybridized carbons (Fsp3) is 0.462. The molecular formula is C13H19ClN4O6S. The number of nitro benzene ring substituents is 1. The standard InChI is InChI=1S/C13H18N4O6S.ClH/c18-9-7-10(15-8-9)13(19)14-5-6-16-24(22,23)12-4-2-1-3-11(12)17(20)21;/h1-4,9-10,15-16,18H,5-8H2,(H,14,19);1H. The Labute approximate surface area is 150 Å². The highest BCUT2D eigenvalue weighted by atomic mass is 35.5. The van der Waals surface area contributed by atoms with Crippen LogP contribution in [-0.4, -0.2) is 56.1 Å². The van der Waals surface area contributed by atoms with Crippen molar-refractivity contribution in [2.24, 2.45) is 0 Å². The Balaban J connectivity index is 0.00000312. The van der Waals surface area contributed by atoms with Crippen LogP contribution in [-0.2, 0) is 14.8 Å². The number of carbonyl (C=O) groups excluding carboxylic acids is 1. The van der Waals surface area contributed by atoms with Gasteiger partial charge in [0.05, 0.1) is 17.1 Å². The van der Waals surface area contributed by atoms with E-state index in [1.165, 1.54) is 12.1 Å². The molecule has 1 aliphatic heterocycles. The first kappa shape index (κ1) is 21.3. The normalized spacial score (nSPS) is 19.9. The lowest BCUT2D eigenvalue weighted by molar-refractivity contribution is -0.387. The molecule has 1 aromatic carbocycles. The smallest absolute Gasteiger partial charge is 0.289 e. The van der Waals surface area contributed by atoms with Crippen LogP contribution in [0.25, 0.3) is 0 Å². The minimum atomic E-state index is -4.06. The van der Waals surface area contributed by atoms with Crippen LogP contribution >= 0.6 is 12.4 Å². The molecule has 0 aromatic heterocycles. The number of rotatable bonds is 7. The number of amides is 1. The fourth-order valence-electron chi connectivity index (χ4n) is 2.32. The Morgan fingerprint density at radius 1 is 1.36 bits per heavy atom. The van der Waals surface area contributed by atoms with Crippen LogP contribution in [0.1, 0.15) is 6.42 Å². The van der Waals surface area contributed by atoms with Crippen molar-refractivity contribution >= 4 is 34.0 Å². The van der Waals surface area contributed by atoms with Gasteiger partial charge in [-0.1, -0.05) is 12.1 Å². The Morgan fingerprint density at radius 3 is 2.64 bits per heavy atom. The molecule has 1 saturated heterocycles. The summed E-state index contributed by atoms with van der Waals surface area (Å²) < 4.78 is 26.5. The van der Waals surface area contributed by atoms with Gasteiger partial charge in [0.2, 0.25) is 15.9 Å². The molecule has 0 spiro atoms. The van der Waals surface area contributed by atoms with E-state index in [0.29, 0.717) is 13.0 Å². The van der Waals surface area contributed by atoms with Gasteiger partial charge in [0, 0.05) is 25.7 Å². The number of carbonyl (C=O) groups is 1. The number of β-amino-alcohol motifs (C(OH)–C–C–N with tert-alkyl or cyclic N) is 1. The monoisotopic (exact) mass is 394 g/mol. The van der Waals surface area contributed by atoms with E-state index in [1.807, 2.05) is 0 Å². The van der Waals surface area contributed by atoms with E-state index < -0.39 is 37.7 Å². The largest absolute Gasteiger partial charge is 0.392 e. The third-order valence-electron chi connectivity index (χ3n) is 3.49. The second-order valence-corrected chi connectivity index (χ2v) is 7.00. The quantitative estimate of drug-likeness (QED) is 0.266. The number of sulfonamides is 1. The zero-order chi connectivity index (χ0) is 17.7.